The molecular formula is C17H28N4O. The Morgan fingerprint density at radius 2 is 2.00 bits per heavy atom. The standard InChI is InChI=1S/C17H28N4O/c1-11(2)21-8-6-13(7-9-21)10-15(22)18-17-12(3)16(19-20-17)14-4-5-14/h11,13-14H,4-10H2,1-3H3,(H2,18,19,20,22). The molecule has 0 radical (unpaired) electrons. The van der Waals surface area contributed by atoms with Crippen LogP contribution >= 0.6 is 0 Å². The van der Waals surface area contributed by atoms with E-state index in [4.69, 9.17) is 0 Å². The number of carbonyl (C=O) groups is 1. The summed E-state index contributed by atoms with van der Waals surface area (Å²) in [6.07, 6.45) is 5.35. The summed E-state index contributed by atoms with van der Waals surface area (Å²) in [6, 6.07) is 0.613. The molecule has 0 unspecified atom stereocenters. The van der Waals surface area contributed by atoms with Gasteiger partial charge in [0.25, 0.3) is 0 Å². The lowest BCUT2D eigenvalue weighted by Crippen LogP contribution is -2.39. The third-order valence-corrected chi connectivity index (χ3v) is 5.14. The maximum Gasteiger partial charge on any atom is 0.225 e. The Kier molecular flexibility index (Phi) is 4.52. The van der Waals surface area contributed by atoms with E-state index in [2.05, 4.69) is 34.3 Å². The molecule has 1 aromatic rings. The molecule has 0 atom stereocenters. The van der Waals surface area contributed by atoms with Gasteiger partial charge in [-0.1, -0.05) is 0 Å². The molecule has 5 heteroatoms. The first-order valence-corrected chi connectivity index (χ1v) is 8.63. The van der Waals surface area contributed by atoms with Gasteiger partial charge in [0, 0.05) is 29.6 Å². The largest absolute Gasteiger partial charge is 0.309 e. The fraction of sp³-hybridized carbons (Fsp3) is 0.765. The second-order valence-electron chi connectivity index (χ2n) is 7.21. The van der Waals surface area contributed by atoms with Gasteiger partial charge in [-0.2, -0.15) is 5.10 Å². The normalized spacial score (nSPS) is 20.5. The average molecular weight is 304 g/mol. The summed E-state index contributed by atoms with van der Waals surface area (Å²) >= 11 is 0. The first kappa shape index (κ1) is 15.5. The molecule has 2 heterocycles. The fourth-order valence-corrected chi connectivity index (χ4v) is 3.42. The van der Waals surface area contributed by atoms with Crippen molar-refractivity contribution in [3.8, 4) is 0 Å². The van der Waals surface area contributed by atoms with Crippen LogP contribution in [0.4, 0.5) is 5.82 Å². The SMILES string of the molecule is Cc1c(NC(=O)CC2CCN(C(C)C)CC2)n[nH]c1C1CC1. The number of amides is 1. The van der Waals surface area contributed by atoms with Crippen molar-refractivity contribution in [2.24, 2.45) is 5.92 Å². The van der Waals surface area contributed by atoms with E-state index in [0.717, 1.165) is 37.3 Å². The van der Waals surface area contributed by atoms with Crippen LogP contribution in [0, 0.1) is 12.8 Å². The lowest BCUT2D eigenvalue weighted by atomic mass is 9.92. The van der Waals surface area contributed by atoms with Gasteiger partial charge in [0.1, 0.15) is 0 Å². The van der Waals surface area contributed by atoms with Crippen LogP contribution in [-0.2, 0) is 4.79 Å². The Morgan fingerprint density at radius 3 is 2.59 bits per heavy atom. The molecule has 2 aliphatic rings. The van der Waals surface area contributed by atoms with Crippen LogP contribution in [0.2, 0.25) is 0 Å². The van der Waals surface area contributed by atoms with Crippen LogP contribution in [0.5, 0.6) is 0 Å². The van der Waals surface area contributed by atoms with Crippen molar-refractivity contribution in [3.63, 3.8) is 0 Å². The molecule has 3 rings (SSSR count). The zero-order chi connectivity index (χ0) is 15.7. The average Bonchev–Trinajstić information content (AvgIpc) is 3.26. The van der Waals surface area contributed by atoms with E-state index >= 15 is 0 Å². The quantitative estimate of drug-likeness (QED) is 0.879. The van der Waals surface area contributed by atoms with Crippen molar-refractivity contribution >= 4 is 11.7 Å². The molecular weight excluding hydrogens is 276 g/mol. The number of nitrogens with zero attached hydrogens (tertiary/aromatic N) is 2. The number of likely N-dealkylation sites (tertiary alicyclic amines) is 1. The second kappa shape index (κ2) is 6.41. The third kappa shape index (κ3) is 3.51. The predicted molar refractivity (Wildman–Crippen MR) is 88.0 cm³/mol. The van der Waals surface area contributed by atoms with Gasteiger partial charge >= 0.3 is 0 Å². The minimum Gasteiger partial charge on any atom is -0.309 e. The lowest BCUT2D eigenvalue weighted by molar-refractivity contribution is -0.117. The molecule has 22 heavy (non-hydrogen) atoms. The summed E-state index contributed by atoms with van der Waals surface area (Å²) < 4.78 is 0. The molecule has 1 saturated heterocycles. The van der Waals surface area contributed by atoms with Crippen LogP contribution in [0.3, 0.4) is 0 Å². The minimum atomic E-state index is 0.111. The van der Waals surface area contributed by atoms with Crippen molar-refractivity contribution in [2.45, 2.75) is 64.8 Å². The molecule has 2 N–H and O–H groups in total. The van der Waals surface area contributed by atoms with Gasteiger partial charge in [0.2, 0.25) is 5.91 Å². The molecule has 0 bridgehead atoms. The highest BCUT2D eigenvalue weighted by atomic mass is 16.1. The molecule has 0 aromatic carbocycles. The van der Waals surface area contributed by atoms with Crippen LogP contribution in [0.1, 0.15) is 63.1 Å². The van der Waals surface area contributed by atoms with Crippen molar-refractivity contribution in [2.75, 3.05) is 18.4 Å². The smallest absolute Gasteiger partial charge is 0.225 e. The molecule has 1 amide bonds. The van der Waals surface area contributed by atoms with Crippen LogP contribution < -0.4 is 5.32 Å². The predicted octanol–water partition coefficient (Wildman–Crippen LogP) is 3.04. The molecule has 1 aromatic heterocycles. The van der Waals surface area contributed by atoms with Gasteiger partial charge in [-0.3, -0.25) is 9.89 Å². The monoisotopic (exact) mass is 304 g/mol. The zero-order valence-electron chi connectivity index (χ0n) is 14.0. The summed E-state index contributed by atoms with van der Waals surface area (Å²) in [4.78, 5) is 14.8. The highest BCUT2D eigenvalue weighted by Gasteiger charge is 2.29. The van der Waals surface area contributed by atoms with E-state index in [1.807, 2.05) is 6.92 Å². The number of anilines is 1. The molecule has 0 spiro atoms. The Balaban J connectivity index is 1.49. The number of H-pyrrole nitrogens is 1. The minimum absolute atomic E-state index is 0.111. The molecule has 1 aliphatic carbocycles. The molecule has 1 aliphatic heterocycles. The topological polar surface area (TPSA) is 61.0 Å². The number of piperidine rings is 1. The Bertz CT molecular complexity index is 525. The van der Waals surface area contributed by atoms with E-state index in [1.165, 1.54) is 18.5 Å². The second-order valence-corrected chi connectivity index (χ2v) is 7.21. The molecule has 122 valence electrons. The van der Waals surface area contributed by atoms with Crippen molar-refractivity contribution in [1.82, 2.24) is 15.1 Å². The first-order valence-electron chi connectivity index (χ1n) is 8.63. The van der Waals surface area contributed by atoms with E-state index in [1.54, 1.807) is 0 Å². The first-order chi connectivity index (χ1) is 10.5. The summed E-state index contributed by atoms with van der Waals surface area (Å²) in [5, 5.41) is 10.4. The van der Waals surface area contributed by atoms with E-state index in [9.17, 15) is 4.79 Å². The van der Waals surface area contributed by atoms with Crippen molar-refractivity contribution in [1.29, 1.82) is 0 Å². The molecule has 5 nitrogen and oxygen atoms in total. The van der Waals surface area contributed by atoms with Crippen molar-refractivity contribution < 1.29 is 4.79 Å². The summed E-state index contributed by atoms with van der Waals surface area (Å²) in [6.45, 7) is 8.76. The van der Waals surface area contributed by atoms with Gasteiger partial charge in [-0.15, -0.1) is 0 Å². The summed E-state index contributed by atoms with van der Waals surface area (Å²) in [5.74, 6) is 1.99. The van der Waals surface area contributed by atoms with Crippen LogP contribution in [0.15, 0.2) is 0 Å². The highest BCUT2D eigenvalue weighted by Crippen LogP contribution is 2.41. The number of aromatic amines is 1. The van der Waals surface area contributed by atoms with E-state index in [-0.39, 0.29) is 5.91 Å². The van der Waals surface area contributed by atoms with Gasteiger partial charge in [-0.05, 0) is 65.5 Å². The van der Waals surface area contributed by atoms with Gasteiger partial charge in [0.05, 0.1) is 0 Å². The zero-order valence-corrected chi connectivity index (χ0v) is 14.0. The van der Waals surface area contributed by atoms with Crippen LogP contribution in [-0.4, -0.2) is 40.1 Å². The summed E-state index contributed by atoms with van der Waals surface area (Å²) in [7, 11) is 0. The molecule has 1 saturated carbocycles. The number of hydrogen-bond donors (Lipinski definition) is 2. The molecule has 2 fully saturated rings. The maximum atomic E-state index is 12.3. The van der Waals surface area contributed by atoms with Crippen molar-refractivity contribution in [3.05, 3.63) is 11.3 Å². The number of nitrogens with one attached hydrogen (secondary N) is 2. The highest BCUT2D eigenvalue weighted by molar-refractivity contribution is 5.90. The number of aromatic nitrogens is 2. The summed E-state index contributed by atoms with van der Waals surface area (Å²) in [5.41, 5.74) is 2.33. The van der Waals surface area contributed by atoms with Gasteiger partial charge < -0.3 is 10.2 Å². The Hall–Kier alpha value is -1.36. The maximum absolute atomic E-state index is 12.3. The van der Waals surface area contributed by atoms with Crippen LogP contribution in [0.25, 0.3) is 0 Å². The fourth-order valence-electron chi connectivity index (χ4n) is 3.42. The van der Waals surface area contributed by atoms with Gasteiger partial charge in [-0.25, -0.2) is 0 Å². The number of carbonyl (C=O) groups excluding carboxylic acids is 1. The number of rotatable bonds is 5. The third-order valence-electron chi connectivity index (χ3n) is 5.14. The Morgan fingerprint density at radius 1 is 1.32 bits per heavy atom. The van der Waals surface area contributed by atoms with E-state index < -0.39 is 0 Å². The van der Waals surface area contributed by atoms with E-state index in [0.29, 0.717) is 24.3 Å². The van der Waals surface area contributed by atoms with Gasteiger partial charge in [0.15, 0.2) is 5.82 Å². The number of hydrogen-bond acceptors (Lipinski definition) is 3. The Labute approximate surface area is 132 Å². The lowest BCUT2D eigenvalue weighted by Gasteiger charge is -2.34.